The van der Waals surface area contributed by atoms with E-state index in [2.05, 4.69) is 11.8 Å². The maximum Gasteiger partial charge on any atom is 0.0668 e. The molecule has 1 atom stereocenters. The summed E-state index contributed by atoms with van der Waals surface area (Å²) in [5.74, 6) is 0. The molecule has 0 aliphatic carbocycles. The number of morpholine rings is 1. The molecule has 0 spiro atoms. The topological polar surface area (TPSA) is 38.5 Å². The summed E-state index contributed by atoms with van der Waals surface area (Å²) in [6, 6.07) is 6.39. The lowest BCUT2D eigenvalue weighted by Crippen LogP contribution is -2.43. The van der Waals surface area contributed by atoms with Crippen LogP contribution in [0, 0.1) is 0 Å². The number of benzene rings is 1. The average Bonchev–Trinajstić information content (AvgIpc) is 2.30. The highest BCUT2D eigenvalue weighted by molar-refractivity contribution is 6.33. The van der Waals surface area contributed by atoms with Gasteiger partial charge in [-0.05, 0) is 24.6 Å². The first-order valence-electron chi connectivity index (χ1n) is 5.55. The van der Waals surface area contributed by atoms with Crippen LogP contribution in [0.2, 0.25) is 5.02 Å². The first-order valence-corrected chi connectivity index (χ1v) is 5.93. The lowest BCUT2D eigenvalue weighted by molar-refractivity contribution is 0.0989. The number of halogens is 1. The van der Waals surface area contributed by atoms with Crippen LogP contribution in [-0.2, 0) is 11.3 Å². The highest BCUT2D eigenvalue weighted by atomic mass is 35.5. The normalized spacial score (nSPS) is 21.2. The van der Waals surface area contributed by atoms with Gasteiger partial charge in [0.05, 0.1) is 23.9 Å². The summed E-state index contributed by atoms with van der Waals surface area (Å²) in [7, 11) is 0. The molecule has 4 heteroatoms. The first-order chi connectivity index (χ1) is 7.72. The average molecular weight is 241 g/mol. The van der Waals surface area contributed by atoms with Crippen LogP contribution in [0.15, 0.2) is 18.2 Å². The van der Waals surface area contributed by atoms with Gasteiger partial charge in [-0.15, -0.1) is 0 Å². The lowest BCUT2D eigenvalue weighted by atomic mass is 10.1. The zero-order valence-corrected chi connectivity index (χ0v) is 10.2. The molecule has 0 aromatic heterocycles. The van der Waals surface area contributed by atoms with Crippen LogP contribution in [0.5, 0.6) is 0 Å². The van der Waals surface area contributed by atoms with Crippen molar-refractivity contribution in [1.29, 1.82) is 0 Å². The van der Waals surface area contributed by atoms with Gasteiger partial charge in [-0.1, -0.05) is 17.7 Å². The quantitative estimate of drug-likeness (QED) is 0.860. The highest BCUT2D eigenvalue weighted by Crippen LogP contribution is 2.29. The Balaban J connectivity index is 2.25. The molecule has 1 aromatic rings. The van der Waals surface area contributed by atoms with Crippen LogP contribution in [-0.4, -0.2) is 25.8 Å². The van der Waals surface area contributed by atoms with Crippen LogP contribution < -0.4 is 10.6 Å². The van der Waals surface area contributed by atoms with Gasteiger partial charge >= 0.3 is 0 Å². The number of hydrogen-bond acceptors (Lipinski definition) is 3. The Labute approximate surface area is 101 Å². The molecule has 3 nitrogen and oxygen atoms in total. The number of rotatable bonds is 2. The van der Waals surface area contributed by atoms with E-state index in [9.17, 15) is 0 Å². The fourth-order valence-corrected chi connectivity index (χ4v) is 2.31. The van der Waals surface area contributed by atoms with Gasteiger partial charge in [-0.2, -0.15) is 0 Å². The van der Waals surface area contributed by atoms with E-state index in [4.69, 9.17) is 22.1 Å². The minimum atomic E-state index is 0.370. The zero-order valence-electron chi connectivity index (χ0n) is 9.45. The van der Waals surface area contributed by atoms with Crippen molar-refractivity contribution in [3.63, 3.8) is 0 Å². The van der Waals surface area contributed by atoms with E-state index >= 15 is 0 Å². The Kier molecular flexibility index (Phi) is 3.69. The van der Waals surface area contributed by atoms with E-state index in [0.29, 0.717) is 12.6 Å². The Morgan fingerprint density at radius 1 is 1.56 bits per heavy atom. The third-order valence-electron chi connectivity index (χ3n) is 2.92. The predicted octanol–water partition coefficient (Wildman–Crippen LogP) is 2.02. The summed E-state index contributed by atoms with van der Waals surface area (Å²) in [4.78, 5) is 2.28. The van der Waals surface area contributed by atoms with E-state index in [1.165, 1.54) is 0 Å². The molecular weight excluding hydrogens is 224 g/mol. The zero-order chi connectivity index (χ0) is 11.5. The number of nitrogens with two attached hydrogens (primary N) is 1. The Hall–Kier alpha value is -0.770. The molecule has 0 amide bonds. The second kappa shape index (κ2) is 5.04. The summed E-state index contributed by atoms with van der Waals surface area (Å²) in [6.07, 6.45) is 0. The summed E-state index contributed by atoms with van der Waals surface area (Å²) in [5.41, 5.74) is 7.73. The van der Waals surface area contributed by atoms with Gasteiger partial charge in [0, 0.05) is 19.1 Å². The van der Waals surface area contributed by atoms with Gasteiger partial charge in [0.1, 0.15) is 0 Å². The molecule has 2 N–H and O–H groups in total. The predicted molar refractivity (Wildman–Crippen MR) is 67.0 cm³/mol. The van der Waals surface area contributed by atoms with Gasteiger partial charge in [-0.25, -0.2) is 0 Å². The molecule has 0 radical (unpaired) electrons. The van der Waals surface area contributed by atoms with Crippen molar-refractivity contribution in [1.82, 2.24) is 0 Å². The maximum absolute atomic E-state index is 6.27. The van der Waals surface area contributed by atoms with E-state index in [-0.39, 0.29) is 0 Å². The number of nitrogens with zero attached hydrogens (tertiary/aromatic N) is 1. The van der Waals surface area contributed by atoms with Crippen molar-refractivity contribution in [3.8, 4) is 0 Å². The van der Waals surface area contributed by atoms with Gasteiger partial charge in [0.15, 0.2) is 0 Å². The first kappa shape index (κ1) is 11.7. The molecule has 0 saturated carbocycles. The minimum absolute atomic E-state index is 0.370. The van der Waals surface area contributed by atoms with Crippen LogP contribution >= 0.6 is 11.6 Å². The van der Waals surface area contributed by atoms with Gasteiger partial charge in [-0.3, -0.25) is 0 Å². The van der Waals surface area contributed by atoms with E-state index in [1.54, 1.807) is 0 Å². The molecule has 0 bridgehead atoms. The van der Waals surface area contributed by atoms with E-state index in [1.807, 2.05) is 18.2 Å². The van der Waals surface area contributed by atoms with Gasteiger partial charge in [0.25, 0.3) is 0 Å². The van der Waals surface area contributed by atoms with Crippen molar-refractivity contribution in [2.24, 2.45) is 5.73 Å². The lowest BCUT2D eigenvalue weighted by Gasteiger charge is -2.35. The number of ether oxygens (including phenoxy) is 1. The van der Waals surface area contributed by atoms with Gasteiger partial charge in [0.2, 0.25) is 0 Å². The number of anilines is 1. The van der Waals surface area contributed by atoms with Crippen molar-refractivity contribution >= 4 is 17.3 Å². The van der Waals surface area contributed by atoms with Crippen LogP contribution in [0.1, 0.15) is 12.5 Å². The third-order valence-corrected chi connectivity index (χ3v) is 3.23. The van der Waals surface area contributed by atoms with Crippen LogP contribution in [0.4, 0.5) is 5.69 Å². The second-order valence-corrected chi connectivity index (χ2v) is 4.51. The van der Waals surface area contributed by atoms with Crippen LogP contribution in [0.25, 0.3) is 0 Å². The monoisotopic (exact) mass is 240 g/mol. The van der Waals surface area contributed by atoms with Crippen molar-refractivity contribution in [2.75, 3.05) is 24.7 Å². The van der Waals surface area contributed by atoms with E-state index < -0.39 is 0 Å². The van der Waals surface area contributed by atoms with E-state index in [0.717, 1.165) is 36.0 Å². The fourth-order valence-electron chi connectivity index (χ4n) is 2.00. The largest absolute Gasteiger partial charge is 0.377 e. The Morgan fingerprint density at radius 3 is 3.00 bits per heavy atom. The Bertz CT molecular complexity index is 370. The van der Waals surface area contributed by atoms with Crippen molar-refractivity contribution in [2.45, 2.75) is 19.5 Å². The molecule has 1 saturated heterocycles. The third kappa shape index (κ3) is 2.32. The molecule has 16 heavy (non-hydrogen) atoms. The Morgan fingerprint density at radius 2 is 2.38 bits per heavy atom. The summed E-state index contributed by atoms with van der Waals surface area (Å²) >= 11 is 6.27. The molecule has 1 aliphatic heterocycles. The maximum atomic E-state index is 6.27. The highest BCUT2D eigenvalue weighted by Gasteiger charge is 2.20. The van der Waals surface area contributed by atoms with Gasteiger partial charge < -0.3 is 15.4 Å². The minimum Gasteiger partial charge on any atom is -0.377 e. The smallest absolute Gasteiger partial charge is 0.0668 e. The molecule has 1 aromatic carbocycles. The summed E-state index contributed by atoms with van der Waals surface area (Å²) in [5, 5.41) is 0.775. The standard InChI is InChI=1S/C12H17ClN2O/c1-9-8-16-5-4-15(9)12-3-2-10(7-14)6-11(12)13/h2-3,6,9H,4-5,7-8,14H2,1H3. The summed E-state index contributed by atoms with van der Waals surface area (Å²) in [6.45, 7) is 5.09. The fraction of sp³-hybridized carbons (Fsp3) is 0.500. The SMILES string of the molecule is CC1COCCN1c1ccc(CN)cc1Cl. The molecule has 1 unspecified atom stereocenters. The van der Waals surface area contributed by atoms with Crippen molar-refractivity contribution < 1.29 is 4.74 Å². The molecule has 2 rings (SSSR count). The molecular formula is C12H17ClN2O. The molecule has 1 fully saturated rings. The summed E-state index contributed by atoms with van der Waals surface area (Å²) < 4.78 is 5.41. The van der Waals surface area contributed by atoms with Crippen molar-refractivity contribution in [3.05, 3.63) is 28.8 Å². The molecule has 88 valence electrons. The molecule has 1 heterocycles. The second-order valence-electron chi connectivity index (χ2n) is 4.11. The van der Waals surface area contributed by atoms with Crippen LogP contribution in [0.3, 0.4) is 0 Å². The molecule has 1 aliphatic rings. The number of hydrogen-bond donors (Lipinski definition) is 1.